The summed E-state index contributed by atoms with van der Waals surface area (Å²) in [5.74, 6) is 1.92. The number of fused-ring (bicyclic) bond motifs is 3. The second kappa shape index (κ2) is 7.96. The standard InChI is InChI=1S/C23H28N6O3/c1-15-5-4-6-16(2)28(15)20(30)14-27-22-19(21-24-11-12-26(21)23(27)31)13-25-29(22)17-7-9-18(32-3)10-8-17/h7-10,13,15-16H,4-6,11-12,14H2,1-3H3/t15-,16-/m1/s1. The van der Waals surface area contributed by atoms with Crippen LogP contribution >= 0.6 is 0 Å². The van der Waals surface area contributed by atoms with Gasteiger partial charge in [-0.3, -0.25) is 19.6 Å². The first kappa shape index (κ1) is 20.5. The van der Waals surface area contributed by atoms with Gasteiger partial charge in [0.2, 0.25) is 5.91 Å². The van der Waals surface area contributed by atoms with Crippen molar-refractivity contribution in [1.82, 2.24) is 19.6 Å². The van der Waals surface area contributed by atoms with Gasteiger partial charge in [0, 0.05) is 18.6 Å². The number of rotatable bonds is 4. The molecule has 1 fully saturated rings. The Morgan fingerprint density at radius 1 is 1.16 bits per heavy atom. The molecule has 0 radical (unpaired) electrons. The SMILES string of the molecule is COc1ccc(-n2ncc3c2N(CC(=O)N2[C@H](C)CCC[C@H]2C)C(=O)N2CCN=C32)cc1. The molecule has 1 aromatic heterocycles. The first-order valence-electron chi connectivity index (χ1n) is 11.2. The first-order valence-corrected chi connectivity index (χ1v) is 11.2. The van der Waals surface area contributed by atoms with E-state index >= 15 is 0 Å². The third-order valence-corrected chi connectivity index (χ3v) is 6.63. The van der Waals surface area contributed by atoms with Gasteiger partial charge in [0.05, 0.1) is 31.1 Å². The Labute approximate surface area is 187 Å². The van der Waals surface area contributed by atoms with Crippen molar-refractivity contribution in [3.05, 3.63) is 36.0 Å². The summed E-state index contributed by atoms with van der Waals surface area (Å²) in [5, 5.41) is 4.57. The maximum atomic E-state index is 13.5. The number of amides is 3. The minimum Gasteiger partial charge on any atom is -0.497 e. The van der Waals surface area contributed by atoms with Crippen LogP contribution in [-0.4, -0.2) is 76.2 Å². The van der Waals surface area contributed by atoms with E-state index in [0.717, 1.165) is 36.3 Å². The van der Waals surface area contributed by atoms with Crippen LogP contribution in [0, 0.1) is 0 Å². The van der Waals surface area contributed by atoms with Gasteiger partial charge in [-0.25, -0.2) is 9.48 Å². The van der Waals surface area contributed by atoms with Crippen LogP contribution in [0.3, 0.4) is 0 Å². The number of likely N-dealkylation sites (tertiary alicyclic amines) is 1. The van der Waals surface area contributed by atoms with Gasteiger partial charge in [-0.1, -0.05) is 0 Å². The van der Waals surface area contributed by atoms with E-state index in [-0.39, 0.29) is 30.6 Å². The average Bonchev–Trinajstić information content (AvgIpc) is 3.44. The summed E-state index contributed by atoms with van der Waals surface area (Å²) in [6, 6.07) is 7.57. The molecule has 0 aliphatic carbocycles. The Hall–Kier alpha value is -3.36. The monoisotopic (exact) mass is 436 g/mol. The molecule has 3 aliphatic heterocycles. The highest BCUT2D eigenvalue weighted by Gasteiger charge is 2.42. The number of aromatic nitrogens is 2. The van der Waals surface area contributed by atoms with Gasteiger partial charge in [-0.2, -0.15) is 5.10 Å². The minimum absolute atomic E-state index is 0.0217. The van der Waals surface area contributed by atoms with Crippen molar-refractivity contribution in [3.63, 3.8) is 0 Å². The summed E-state index contributed by atoms with van der Waals surface area (Å²) in [5.41, 5.74) is 1.55. The number of carbonyl (C=O) groups is 2. The smallest absolute Gasteiger partial charge is 0.331 e. The number of methoxy groups -OCH3 is 1. The lowest BCUT2D eigenvalue weighted by molar-refractivity contribution is -0.135. The maximum Gasteiger partial charge on any atom is 0.331 e. The van der Waals surface area contributed by atoms with E-state index in [2.05, 4.69) is 23.9 Å². The van der Waals surface area contributed by atoms with Crippen LogP contribution < -0.4 is 9.64 Å². The highest BCUT2D eigenvalue weighted by atomic mass is 16.5. The van der Waals surface area contributed by atoms with E-state index in [1.54, 1.807) is 27.8 Å². The molecule has 0 N–H and O–H groups in total. The highest BCUT2D eigenvalue weighted by molar-refractivity contribution is 6.20. The third-order valence-electron chi connectivity index (χ3n) is 6.63. The maximum absolute atomic E-state index is 13.5. The first-order chi connectivity index (χ1) is 15.5. The van der Waals surface area contributed by atoms with E-state index in [4.69, 9.17) is 4.74 Å². The van der Waals surface area contributed by atoms with Crippen LogP contribution in [0.15, 0.2) is 35.5 Å². The summed E-state index contributed by atoms with van der Waals surface area (Å²) < 4.78 is 6.97. The predicted molar refractivity (Wildman–Crippen MR) is 121 cm³/mol. The number of benzene rings is 1. The van der Waals surface area contributed by atoms with Crippen LogP contribution in [0.4, 0.5) is 10.6 Å². The zero-order chi connectivity index (χ0) is 22.4. The van der Waals surface area contributed by atoms with Gasteiger partial charge in [0.15, 0.2) is 5.82 Å². The molecule has 0 bridgehead atoms. The quantitative estimate of drug-likeness (QED) is 0.738. The van der Waals surface area contributed by atoms with Gasteiger partial charge in [0.25, 0.3) is 0 Å². The molecule has 9 heteroatoms. The minimum atomic E-state index is -0.227. The molecule has 1 saturated heterocycles. The molecule has 2 aromatic rings. The number of amidine groups is 1. The molecule has 2 atom stereocenters. The number of anilines is 1. The summed E-state index contributed by atoms with van der Waals surface area (Å²) in [6.45, 7) is 5.22. The fourth-order valence-electron chi connectivity index (χ4n) is 5.04. The topological polar surface area (TPSA) is 83.3 Å². The normalized spacial score (nSPS) is 22.5. The lowest BCUT2D eigenvalue weighted by atomic mass is 9.97. The highest BCUT2D eigenvalue weighted by Crippen LogP contribution is 2.34. The van der Waals surface area contributed by atoms with Crippen molar-refractivity contribution in [2.75, 3.05) is 31.6 Å². The summed E-state index contributed by atoms with van der Waals surface area (Å²) in [4.78, 5) is 36.6. The second-order valence-corrected chi connectivity index (χ2v) is 8.65. The molecular formula is C23H28N6O3. The van der Waals surface area contributed by atoms with Gasteiger partial charge < -0.3 is 9.64 Å². The van der Waals surface area contributed by atoms with Crippen molar-refractivity contribution in [1.29, 1.82) is 0 Å². The van der Waals surface area contributed by atoms with Crippen LogP contribution in [-0.2, 0) is 4.79 Å². The predicted octanol–water partition coefficient (Wildman–Crippen LogP) is 2.67. The molecule has 0 spiro atoms. The Balaban J connectivity index is 1.54. The van der Waals surface area contributed by atoms with Crippen molar-refractivity contribution in [2.24, 2.45) is 4.99 Å². The van der Waals surface area contributed by atoms with E-state index in [0.29, 0.717) is 24.7 Å². The number of piperidine rings is 1. The lowest BCUT2D eigenvalue weighted by Gasteiger charge is -2.41. The number of hydrogen-bond acceptors (Lipinski definition) is 5. The zero-order valence-corrected chi connectivity index (χ0v) is 18.7. The molecule has 0 saturated carbocycles. The summed E-state index contributed by atoms with van der Waals surface area (Å²) >= 11 is 0. The van der Waals surface area contributed by atoms with Gasteiger partial charge in [-0.05, 0) is 57.4 Å². The van der Waals surface area contributed by atoms with E-state index in [1.807, 2.05) is 29.2 Å². The van der Waals surface area contributed by atoms with E-state index < -0.39 is 0 Å². The van der Waals surface area contributed by atoms with Crippen molar-refractivity contribution < 1.29 is 14.3 Å². The summed E-state index contributed by atoms with van der Waals surface area (Å²) in [6.07, 6.45) is 4.83. The number of carbonyl (C=O) groups excluding carboxylic acids is 2. The molecule has 5 rings (SSSR count). The Bertz CT molecular complexity index is 1070. The Kier molecular flexibility index (Phi) is 5.11. The van der Waals surface area contributed by atoms with E-state index in [1.165, 1.54) is 0 Å². The van der Waals surface area contributed by atoms with Crippen LogP contribution in [0.1, 0.15) is 38.7 Å². The summed E-state index contributed by atoms with van der Waals surface area (Å²) in [7, 11) is 1.62. The Morgan fingerprint density at radius 3 is 2.56 bits per heavy atom. The zero-order valence-electron chi connectivity index (χ0n) is 18.7. The van der Waals surface area contributed by atoms with Crippen molar-refractivity contribution in [2.45, 2.75) is 45.2 Å². The molecule has 3 aliphatic rings. The van der Waals surface area contributed by atoms with Gasteiger partial charge in [-0.15, -0.1) is 0 Å². The van der Waals surface area contributed by atoms with E-state index in [9.17, 15) is 9.59 Å². The number of aliphatic imine (C=N–C) groups is 1. The van der Waals surface area contributed by atoms with Crippen LogP contribution in [0.2, 0.25) is 0 Å². The molecule has 3 amide bonds. The fourth-order valence-corrected chi connectivity index (χ4v) is 5.04. The molecule has 168 valence electrons. The molecule has 9 nitrogen and oxygen atoms in total. The molecular weight excluding hydrogens is 408 g/mol. The number of nitrogens with zero attached hydrogens (tertiary/aromatic N) is 6. The number of hydrogen-bond donors (Lipinski definition) is 0. The fraction of sp³-hybridized carbons (Fsp3) is 0.478. The van der Waals surface area contributed by atoms with Crippen LogP contribution in [0.5, 0.6) is 5.75 Å². The Morgan fingerprint density at radius 2 is 1.88 bits per heavy atom. The largest absolute Gasteiger partial charge is 0.497 e. The second-order valence-electron chi connectivity index (χ2n) is 8.65. The molecule has 4 heterocycles. The van der Waals surface area contributed by atoms with Crippen molar-refractivity contribution >= 4 is 23.6 Å². The number of ether oxygens (including phenoxy) is 1. The average molecular weight is 437 g/mol. The molecule has 0 unspecified atom stereocenters. The number of urea groups is 1. The van der Waals surface area contributed by atoms with Crippen molar-refractivity contribution in [3.8, 4) is 11.4 Å². The third kappa shape index (κ3) is 3.23. The van der Waals surface area contributed by atoms with Gasteiger partial charge in [0.1, 0.15) is 18.1 Å². The van der Waals surface area contributed by atoms with Gasteiger partial charge >= 0.3 is 6.03 Å². The molecule has 1 aromatic carbocycles. The lowest BCUT2D eigenvalue weighted by Crippen LogP contribution is -2.56. The van der Waals surface area contributed by atoms with Crippen LogP contribution in [0.25, 0.3) is 5.69 Å². The molecule has 32 heavy (non-hydrogen) atoms.